The van der Waals surface area contributed by atoms with Crippen molar-refractivity contribution in [2.45, 2.75) is 57.4 Å². The van der Waals surface area contributed by atoms with E-state index < -0.39 is 5.97 Å². The highest BCUT2D eigenvalue weighted by molar-refractivity contribution is 6.99. The number of aromatic nitrogens is 2. The third-order valence-corrected chi connectivity index (χ3v) is 4.46. The Morgan fingerprint density at radius 1 is 1.38 bits per heavy atom. The molecule has 1 aromatic rings. The molecule has 0 aromatic carbocycles. The predicted molar refractivity (Wildman–Crippen MR) is 79.2 cm³/mol. The van der Waals surface area contributed by atoms with Crippen LogP contribution in [0.15, 0.2) is 6.20 Å². The molecule has 1 unspecified atom stereocenters. The van der Waals surface area contributed by atoms with Crippen molar-refractivity contribution >= 4 is 23.6 Å². The molecule has 1 aromatic heterocycles. The van der Waals surface area contributed by atoms with E-state index in [-0.39, 0.29) is 18.4 Å². The average molecular weight is 311 g/mol. The first-order valence-corrected chi connectivity index (χ1v) is 8.18. The molecule has 7 heteroatoms. The first-order chi connectivity index (χ1) is 10.1. The Kier molecular flexibility index (Phi) is 6.10. The molecule has 0 bridgehead atoms. The van der Waals surface area contributed by atoms with Crippen LogP contribution in [-0.2, 0) is 4.79 Å². The van der Waals surface area contributed by atoms with Gasteiger partial charge >= 0.3 is 5.97 Å². The highest BCUT2D eigenvalue weighted by atomic mass is 32.1. The van der Waals surface area contributed by atoms with E-state index in [1.165, 1.54) is 38.3 Å². The molecule has 1 saturated carbocycles. The van der Waals surface area contributed by atoms with E-state index in [0.717, 1.165) is 18.1 Å². The van der Waals surface area contributed by atoms with Crippen molar-refractivity contribution < 1.29 is 14.7 Å². The summed E-state index contributed by atoms with van der Waals surface area (Å²) in [6.45, 7) is 0. The van der Waals surface area contributed by atoms with E-state index in [2.05, 4.69) is 14.1 Å². The van der Waals surface area contributed by atoms with Crippen molar-refractivity contribution in [1.82, 2.24) is 14.1 Å². The smallest absolute Gasteiger partial charge is 0.303 e. The maximum atomic E-state index is 12.0. The fourth-order valence-corrected chi connectivity index (χ4v) is 3.31. The van der Waals surface area contributed by atoms with Gasteiger partial charge in [-0.1, -0.05) is 32.1 Å². The number of carboxylic acids is 1. The third kappa shape index (κ3) is 5.41. The molecule has 2 rings (SSSR count). The molecule has 1 fully saturated rings. The summed E-state index contributed by atoms with van der Waals surface area (Å²) in [6.07, 6.45) is 8.96. The average Bonchev–Trinajstić information content (AvgIpc) is 3.00. The Hall–Kier alpha value is -1.50. The molecule has 1 heterocycles. The van der Waals surface area contributed by atoms with Crippen LogP contribution in [0.3, 0.4) is 0 Å². The minimum absolute atomic E-state index is 0.0764. The molecular weight excluding hydrogens is 290 g/mol. The molecule has 2 N–H and O–H groups in total. The van der Waals surface area contributed by atoms with Crippen LogP contribution in [0.25, 0.3) is 0 Å². The largest absolute Gasteiger partial charge is 0.481 e. The predicted octanol–water partition coefficient (Wildman–Crippen LogP) is 2.47. The first kappa shape index (κ1) is 15.9. The lowest BCUT2D eigenvalue weighted by Gasteiger charge is -2.26. The SMILES string of the molecule is O=C(O)CCC(CC1CCCCC1)NC(=O)c1cnsn1. The molecule has 1 aliphatic rings. The van der Waals surface area contributed by atoms with Crippen LogP contribution in [0.2, 0.25) is 0 Å². The standard InChI is InChI=1S/C14H21N3O3S/c18-13(19)7-6-11(8-10-4-2-1-3-5-10)16-14(20)12-9-15-21-17-12/h9-11H,1-8H2,(H,16,20)(H,18,19). The number of hydrogen-bond acceptors (Lipinski definition) is 5. The molecule has 0 saturated heterocycles. The molecule has 0 spiro atoms. The Morgan fingerprint density at radius 2 is 2.14 bits per heavy atom. The van der Waals surface area contributed by atoms with Crippen molar-refractivity contribution in [3.05, 3.63) is 11.9 Å². The maximum absolute atomic E-state index is 12.0. The number of hydrogen-bond donors (Lipinski definition) is 2. The number of aliphatic carboxylic acids is 1. The summed E-state index contributed by atoms with van der Waals surface area (Å²) in [5.74, 6) is -0.491. The number of rotatable bonds is 7. The van der Waals surface area contributed by atoms with Crippen LogP contribution in [0.1, 0.15) is 61.9 Å². The van der Waals surface area contributed by atoms with Gasteiger partial charge in [-0.2, -0.15) is 8.75 Å². The van der Waals surface area contributed by atoms with Gasteiger partial charge in [-0.25, -0.2) is 0 Å². The Labute approximate surface area is 128 Å². The molecule has 1 aliphatic carbocycles. The quantitative estimate of drug-likeness (QED) is 0.807. The fraction of sp³-hybridized carbons (Fsp3) is 0.714. The monoisotopic (exact) mass is 311 g/mol. The third-order valence-electron chi connectivity index (χ3n) is 3.98. The van der Waals surface area contributed by atoms with E-state index in [1.807, 2.05) is 0 Å². The van der Waals surface area contributed by atoms with Crippen LogP contribution in [0, 0.1) is 5.92 Å². The van der Waals surface area contributed by atoms with Crippen molar-refractivity contribution in [2.75, 3.05) is 0 Å². The lowest BCUT2D eigenvalue weighted by Crippen LogP contribution is -2.37. The second kappa shape index (κ2) is 8.07. The van der Waals surface area contributed by atoms with Crippen LogP contribution in [-0.4, -0.2) is 31.8 Å². The van der Waals surface area contributed by atoms with Gasteiger partial charge in [0.25, 0.3) is 5.91 Å². The number of carbonyl (C=O) groups excluding carboxylic acids is 1. The second-order valence-electron chi connectivity index (χ2n) is 5.64. The maximum Gasteiger partial charge on any atom is 0.303 e. The van der Waals surface area contributed by atoms with Gasteiger partial charge < -0.3 is 10.4 Å². The van der Waals surface area contributed by atoms with Gasteiger partial charge in [-0.15, -0.1) is 0 Å². The minimum atomic E-state index is -0.826. The number of amides is 1. The van der Waals surface area contributed by atoms with Crippen molar-refractivity contribution in [1.29, 1.82) is 0 Å². The molecule has 1 atom stereocenters. The topological polar surface area (TPSA) is 92.2 Å². The van der Waals surface area contributed by atoms with Gasteiger partial charge in [0.2, 0.25) is 0 Å². The molecule has 21 heavy (non-hydrogen) atoms. The summed E-state index contributed by atoms with van der Waals surface area (Å²) in [4.78, 5) is 22.8. The number of nitrogens with zero attached hydrogens (tertiary/aromatic N) is 2. The first-order valence-electron chi connectivity index (χ1n) is 7.45. The van der Waals surface area contributed by atoms with Gasteiger partial charge in [0.1, 0.15) is 0 Å². The molecule has 1 amide bonds. The molecule has 6 nitrogen and oxygen atoms in total. The molecule has 0 radical (unpaired) electrons. The number of carbonyl (C=O) groups is 2. The molecule has 116 valence electrons. The Morgan fingerprint density at radius 3 is 2.76 bits per heavy atom. The number of nitrogens with one attached hydrogen (secondary N) is 1. The summed E-state index contributed by atoms with van der Waals surface area (Å²) in [6, 6.07) is -0.0987. The lowest BCUT2D eigenvalue weighted by molar-refractivity contribution is -0.137. The zero-order valence-corrected chi connectivity index (χ0v) is 12.8. The fourth-order valence-electron chi connectivity index (χ4n) is 2.90. The zero-order chi connectivity index (χ0) is 15.1. The zero-order valence-electron chi connectivity index (χ0n) is 12.0. The summed E-state index contributed by atoms with van der Waals surface area (Å²) < 4.78 is 7.73. The lowest BCUT2D eigenvalue weighted by atomic mass is 9.84. The van der Waals surface area contributed by atoms with Gasteiger partial charge in [0, 0.05) is 12.5 Å². The van der Waals surface area contributed by atoms with E-state index in [9.17, 15) is 9.59 Å². The van der Waals surface area contributed by atoms with Crippen LogP contribution in [0.5, 0.6) is 0 Å². The molecular formula is C14H21N3O3S. The van der Waals surface area contributed by atoms with Crippen molar-refractivity contribution in [2.24, 2.45) is 5.92 Å². The highest BCUT2D eigenvalue weighted by Gasteiger charge is 2.22. The van der Waals surface area contributed by atoms with Crippen LogP contribution in [0.4, 0.5) is 0 Å². The van der Waals surface area contributed by atoms with Gasteiger partial charge in [-0.3, -0.25) is 9.59 Å². The van der Waals surface area contributed by atoms with Crippen LogP contribution >= 0.6 is 11.7 Å². The summed E-state index contributed by atoms with van der Waals surface area (Å²) in [7, 11) is 0. The summed E-state index contributed by atoms with van der Waals surface area (Å²) in [5.41, 5.74) is 0.309. The summed E-state index contributed by atoms with van der Waals surface area (Å²) >= 11 is 0.994. The van der Waals surface area contributed by atoms with Gasteiger partial charge in [-0.05, 0) is 18.8 Å². The summed E-state index contributed by atoms with van der Waals surface area (Å²) in [5, 5.41) is 11.8. The van der Waals surface area contributed by atoms with E-state index >= 15 is 0 Å². The second-order valence-corrected chi connectivity index (χ2v) is 6.19. The van der Waals surface area contributed by atoms with Crippen LogP contribution < -0.4 is 5.32 Å². The van der Waals surface area contributed by atoms with Gasteiger partial charge in [0.15, 0.2) is 5.69 Å². The Balaban J connectivity index is 1.90. The molecule has 0 aliphatic heterocycles. The van der Waals surface area contributed by atoms with E-state index in [1.54, 1.807) is 0 Å². The number of carboxylic acid groups (broad SMARTS) is 1. The highest BCUT2D eigenvalue weighted by Crippen LogP contribution is 2.28. The minimum Gasteiger partial charge on any atom is -0.481 e. The van der Waals surface area contributed by atoms with E-state index in [0.29, 0.717) is 18.0 Å². The van der Waals surface area contributed by atoms with Crippen molar-refractivity contribution in [3.8, 4) is 0 Å². The van der Waals surface area contributed by atoms with E-state index in [4.69, 9.17) is 5.11 Å². The normalized spacial score (nSPS) is 17.3. The Bertz CT molecular complexity index is 458. The van der Waals surface area contributed by atoms with Gasteiger partial charge in [0.05, 0.1) is 17.9 Å². The van der Waals surface area contributed by atoms with Crippen molar-refractivity contribution in [3.63, 3.8) is 0 Å².